The van der Waals surface area contributed by atoms with E-state index >= 15 is 0 Å². The van der Waals surface area contributed by atoms with Gasteiger partial charge >= 0.3 is 0 Å². The molecule has 0 saturated carbocycles. The van der Waals surface area contributed by atoms with Crippen molar-refractivity contribution in [3.05, 3.63) is 35.9 Å². The fourth-order valence-electron chi connectivity index (χ4n) is 3.34. The molecule has 2 aliphatic heterocycles. The van der Waals surface area contributed by atoms with E-state index in [1.165, 1.54) is 5.56 Å². The maximum absolute atomic E-state index is 11.8. The molecule has 1 aromatic rings. The Balaban J connectivity index is 1.63. The van der Waals surface area contributed by atoms with Crippen LogP contribution in [-0.4, -0.2) is 54.0 Å². The molecule has 0 aliphatic carbocycles. The molecule has 22 heavy (non-hydrogen) atoms. The molecule has 0 aromatic heterocycles. The zero-order valence-corrected chi connectivity index (χ0v) is 13.6. The summed E-state index contributed by atoms with van der Waals surface area (Å²) in [6.07, 6.45) is 1.86. The minimum atomic E-state index is 0.0219. The van der Waals surface area contributed by atoms with E-state index in [0.29, 0.717) is 5.91 Å². The second-order valence-electron chi connectivity index (χ2n) is 6.95. The first-order valence-electron chi connectivity index (χ1n) is 8.26. The summed E-state index contributed by atoms with van der Waals surface area (Å²) >= 11 is 0. The fourth-order valence-corrected chi connectivity index (χ4v) is 3.34. The summed E-state index contributed by atoms with van der Waals surface area (Å²) in [6, 6.07) is 10.4. The van der Waals surface area contributed by atoms with Crippen LogP contribution in [0.15, 0.2) is 30.3 Å². The van der Waals surface area contributed by atoms with Crippen LogP contribution in [0.25, 0.3) is 0 Å². The summed E-state index contributed by atoms with van der Waals surface area (Å²) < 4.78 is 6.08. The zero-order valence-electron chi connectivity index (χ0n) is 13.6. The molecule has 1 aromatic carbocycles. The first kappa shape index (κ1) is 15.5. The summed E-state index contributed by atoms with van der Waals surface area (Å²) in [7, 11) is 0. The van der Waals surface area contributed by atoms with Gasteiger partial charge < -0.3 is 9.64 Å². The number of hydrogen-bond donors (Lipinski definition) is 0. The Hall–Kier alpha value is -1.39. The number of hydrogen-bond acceptors (Lipinski definition) is 3. The Morgan fingerprint density at radius 2 is 2.00 bits per heavy atom. The molecule has 2 saturated heterocycles. The highest BCUT2D eigenvalue weighted by Gasteiger charge is 2.35. The minimum Gasteiger partial charge on any atom is -0.370 e. The van der Waals surface area contributed by atoms with Gasteiger partial charge in [-0.2, -0.15) is 0 Å². The van der Waals surface area contributed by atoms with Crippen molar-refractivity contribution in [2.45, 2.75) is 38.3 Å². The van der Waals surface area contributed by atoms with Crippen LogP contribution in [0.2, 0.25) is 0 Å². The van der Waals surface area contributed by atoms with Gasteiger partial charge in [-0.1, -0.05) is 30.3 Å². The van der Waals surface area contributed by atoms with E-state index in [0.717, 1.165) is 45.6 Å². The van der Waals surface area contributed by atoms with E-state index in [-0.39, 0.29) is 11.6 Å². The minimum absolute atomic E-state index is 0.0219. The average Bonchev–Trinajstić information content (AvgIpc) is 2.92. The van der Waals surface area contributed by atoms with Gasteiger partial charge in [-0.25, -0.2) is 0 Å². The van der Waals surface area contributed by atoms with E-state index < -0.39 is 0 Å². The van der Waals surface area contributed by atoms with Crippen LogP contribution in [0.1, 0.15) is 38.4 Å². The van der Waals surface area contributed by atoms with E-state index in [2.05, 4.69) is 43.0 Å². The van der Waals surface area contributed by atoms with E-state index in [1.54, 1.807) is 0 Å². The number of nitrogens with zero attached hydrogens (tertiary/aromatic N) is 2. The number of likely N-dealkylation sites (tertiary alicyclic amines) is 1. The highest BCUT2D eigenvalue weighted by molar-refractivity contribution is 5.78. The van der Waals surface area contributed by atoms with Crippen molar-refractivity contribution >= 4 is 5.91 Å². The Morgan fingerprint density at radius 1 is 1.23 bits per heavy atom. The van der Waals surface area contributed by atoms with Gasteiger partial charge in [0.25, 0.3) is 0 Å². The maximum atomic E-state index is 11.8. The normalized spacial score (nSPS) is 25.6. The Bertz CT molecular complexity index is 515. The Morgan fingerprint density at radius 3 is 2.68 bits per heavy atom. The number of amides is 1. The summed E-state index contributed by atoms with van der Waals surface area (Å²) in [4.78, 5) is 16.3. The summed E-state index contributed by atoms with van der Waals surface area (Å²) in [5.74, 6) is 0.311. The molecular formula is C18H26N2O2. The Labute approximate surface area is 133 Å². The maximum Gasteiger partial charge on any atom is 0.222 e. The van der Waals surface area contributed by atoms with E-state index in [1.807, 2.05) is 11.0 Å². The predicted octanol–water partition coefficient (Wildman–Crippen LogP) is 2.46. The van der Waals surface area contributed by atoms with Crippen molar-refractivity contribution in [3.63, 3.8) is 0 Å². The largest absolute Gasteiger partial charge is 0.370 e. The monoisotopic (exact) mass is 302 g/mol. The molecule has 0 bridgehead atoms. The summed E-state index contributed by atoms with van der Waals surface area (Å²) in [5.41, 5.74) is 1.26. The first-order chi connectivity index (χ1) is 10.6. The van der Waals surface area contributed by atoms with Crippen LogP contribution in [0.3, 0.4) is 0 Å². The highest BCUT2D eigenvalue weighted by Crippen LogP contribution is 2.30. The molecule has 120 valence electrons. The standard InChI is InChI=1S/C18H26N2O2/c1-18(2)14-22-16(15-7-4-3-5-8-15)13-20(18)12-11-19-10-6-9-17(19)21/h3-5,7-8,16H,6,9-14H2,1-2H3/t16-/m1/s1. The molecule has 3 rings (SSSR count). The lowest BCUT2D eigenvalue weighted by Crippen LogP contribution is -2.55. The molecular weight excluding hydrogens is 276 g/mol. The summed E-state index contributed by atoms with van der Waals surface area (Å²) in [5, 5.41) is 0. The lowest BCUT2D eigenvalue weighted by atomic mass is 9.98. The number of carbonyl (C=O) groups excluding carboxylic acids is 1. The Kier molecular flexibility index (Phi) is 4.50. The van der Waals surface area contributed by atoms with Crippen LogP contribution in [0.5, 0.6) is 0 Å². The number of carbonyl (C=O) groups is 1. The molecule has 0 N–H and O–H groups in total. The third-order valence-corrected chi connectivity index (χ3v) is 4.86. The van der Waals surface area contributed by atoms with E-state index in [9.17, 15) is 4.79 Å². The van der Waals surface area contributed by atoms with Crippen LogP contribution < -0.4 is 0 Å². The smallest absolute Gasteiger partial charge is 0.222 e. The van der Waals surface area contributed by atoms with Gasteiger partial charge in [0.05, 0.1) is 12.7 Å². The molecule has 1 atom stereocenters. The van der Waals surface area contributed by atoms with Gasteiger partial charge in [0.15, 0.2) is 0 Å². The van der Waals surface area contributed by atoms with Crippen molar-refractivity contribution in [2.24, 2.45) is 0 Å². The third kappa shape index (κ3) is 3.33. The lowest BCUT2D eigenvalue weighted by Gasteiger charge is -2.46. The highest BCUT2D eigenvalue weighted by atomic mass is 16.5. The number of ether oxygens (including phenoxy) is 1. The zero-order chi connectivity index (χ0) is 15.6. The number of rotatable bonds is 4. The molecule has 4 nitrogen and oxygen atoms in total. The van der Waals surface area contributed by atoms with Crippen LogP contribution in [0, 0.1) is 0 Å². The first-order valence-corrected chi connectivity index (χ1v) is 8.26. The number of morpholine rings is 1. The fraction of sp³-hybridized carbons (Fsp3) is 0.611. The van der Waals surface area contributed by atoms with Crippen molar-refractivity contribution in [1.29, 1.82) is 0 Å². The molecule has 2 aliphatic rings. The van der Waals surface area contributed by atoms with Gasteiger partial charge in [0.2, 0.25) is 5.91 Å². The van der Waals surface area contributed by atoms with Gasteiger partial charge in [-0.3, -0.25) is 9.69 Å². The van der Waals surface area contributed by atoms with E-state index in [4.69, 9.17) is 4.74 Å². The predicted molar refractivity (Wildman–Crippen MR) is 86.6 cm³/mol. The third-order valence-electron chi connectivity index (χ3n) is 4.86. The van der Waals surface area contributed by atoms with Crippen molar-refractivity contribution < 1.29 is 9.53 Å². The van der Waals surface area contributed by atoms with Crippen molar-refractivity contribution in [3.8, 4) is 0 Å². The quantitative estimate of drug-likeness (QED) is 0.856. The van der Waals surface area contributed by atoms with Gasteiger partial charge in [0.1, 0.15) is 0 Å². The van der Waals surface area contributed by atoms with Crippen molar-refractivity contribution in [1.82, 2.24) is 9.80 Å². The lowest BCUT2D eigenvalue weighted by molar-refractivity contribution is -0.129. The van der Waals surface area contributed by atoms with Crippen LogP contribution in [-0.2, 0) is 9.53 Å². The molecule has 1 amide bonds. The molecule has 0 spiro atoms. The topological polar surface area (TPSA) is 32.8 Å². The average molecular weight is 302 g/mol. The van der Waals surface area contributed by atoms with Crippen LogP contribution in [0.4, 0.5) is 0 Å². The molecule has 2 fully saturated rings. The SMILES string of the molecule is CC1(C)CO[C@@H](c2ccccc2)CN1CCN1CCCC1=O. The van der Waals surface area contributed by atoms with Gasteiger partial charge in [-0.15, -0.1) is 0 Å². The molecule has 0 radical (unpaired) electrons. The van der Waals surface area contributed by atoms with Crippen LogP contribution >= 0.6 is 0 Å². The second-order valence-corrected chi connectivity index (χ2v) is 6.95. The second kappa shape index (κ2) is 6.39. The van der Waals surface area contributed by atoms with Gasteiger partial charge in [-0.05, 0) is 25.8 Å². The molecule has 2 heterocycles. The van der Waals surface area contributed by atoms with Crippen molar-refractivity contribution in [2.75, 3.05) is 32.8 Å². The number of benzene rings is 1. The summed E-state index contributed by atoms with van der Waals surface area (Å²) in [6.45, 7) is 8.74. The molecule has 0 unspecified atom stereocenters. The molecule has 4 heteroatoms. The van der Waals surface area contributed by atoms with Gasteiger partial charge in [0, 0.05) is 38.1 Å².